The quantitative estimate of drug-likeness (QED) is 0.611. The average molecular weight is 413 g/mol. The average Bonchev–Trinajstić information content (AvgIpc) is 3.24. The molecule has 2 heterocycles. The number of anilines is 1. The van der Waals surface area contributed by atoms with E-state index in [1.165, 1.54) is 4.90 Å². The number of rotatable bonds is 6. The van der Waals surface area contributed by atoms with E-state index in [9.17, 15) is 9.59 Å². The van der Waals surface area contributed by atoms with E-state index in [0.717, 1.165) is 34.2 Å². The van der Waals surface area contributed by atoms with Crippen LogP contribution in [0.5, 0.6) is 5.75 Å². The lowest BCUT2D eigenvalue weighted by molar-refractivity contribution is -0.674. The van der Waals surface area contributed by atoms with E-state index in [0.29, 0.717) is 17.3 Å². The zero-order chi connectivity index (χ0) is 20.5. The number of methoxy groups -OCH3 is 1. The molecule has 1 atom stereocenters. The summed E-state index contributed by atoms with van der Waals surface area (Å²) in [4.78, 5) is 29.8. The van der Waals surface area contributed by atoms with Gasteiger partial charge in [-0.2, -0.15) is 0 Å². The third-order valence-electron chi connectivity index (χ3n) is 5.43. The van der Waals surface area contributed by atoms with Crippen LogP contribution < -0.4 is 15.0 Å². The molecule has 0 bridgehead atoms. The topological polar surface area (TPSA) is 79.0 Å². The molecule has 3 N–H and O–H groups in total. The van der Waals surface area contributed by atoms with Crippen molar-refractivity contribution in [2.45, 2.75) is 25.8 Å². The fraction of sp³-hybridized carbons (Fsp3) is 0.273. The number of nitrogens with two attached hydrogens (primary N) is 1. The maximum absolute atomic E-state index is 12.8. The Hall–Kier alpha value is -2.83. The first-order valence-electron chi connectivity index (χ1n) is 9.58. The molecule has 0 aliphatic carbocycles. The Bertz CT molecular complexity index is 1090. The van der Waals surface area contributed by atoms with Crippen molar-refractivity contribution in [2.75, 3.05) is 18.6 Å². The van der Waals surface area contributed by atoms with Gasteiger partial charge in [-0.25, -0.2) is 4.90 Å². The summed E-state index contributed by atoms with van der Waals surface area (Å²) in [6, 6.07) is 10.8. The molecule has 1 aliphatic heterocycles. The van der Waals surface area contributed by atoms with Gasteiger partial charge in [-0.05, 0) is 48.4 Å². The molecule has 0 unspecified atom stereocenters. The molecule has 0 radical (unpaired) electrons. The first-order valence-corrected chi connectivity index (χ1v) is 9.96. The van der Waals surface area contributed by atoms with E-state index >= 15 is 0 Å². The first kappa shape index (κ1) is 19.5. The lowest BCUT2D eigenvalue weighted by atomic mass is 10.1. The number of aryl methyl sites for hydroxylation is 1. The molecule has 6 nitrogen and oxygen atoms in total. The number of ether oxygens (including phenoxy) is 1. The van der Waals surface area contributed by atoms with Crippen LogP contribution in [-0.2, 0) is 16.0 Å². The summed E-state index contributed by atoms with van der Waals surface area (Å²) in [7, 11) is 1.65. The van der Waals surface area contributed by atoms with Crippen LogP contribution in [0.25, 0.3) is 10.9 Å². The number of nitrogens with zero attached hydrogens (tertiary/aromatic N) is 1. The van der Waals surface area contributed by atoms with Crippen molar-refractivity contribution in [1.29, 1.82) is 0 Å². The Morgan fingerprint density at radius 1 is 1.24 bits per heavy atom. The van der Waals surface area contributed by atoms with Crippen LogP contribution in [0, 0.1) is 6.92 Å². The summed E-state index contributed by atoms with van der Waals surface area (Å²) in [6.07, 6.45) is 2.97. The Morgan fingerprint density at radius 3 is 2.83 bits per heavy atom. The van der Waals surface area contributed by atoms with Crippen LogP contribution in [0.1, 0.15) is 17.5 Å². The highest BCUT2D eigenvalue weighted by atomic mass is 35.5. The summed E-state index contributed by atoms with van der Waals surface area (Å²) in [5.74, 6) is 0.440. The monoisotopic (exact) mass is 412 g/mol. The van der Waals surface area contributed by atoms with E-state index < -0.39 is 6.04 Å². The highest BCUT2D eigenvalue weighted by Gasteiger charge is 2.42. The van der Waals surface area contributed by atoms with Gasteiger partial charge in [-0.3, -0.25) is 9.59 Å². The molecule has 1 aromatic heterocycles. The molecule has 4 rings (SSSR count). The van der Waals surface area contributed by atoms with Gasteiger partial charge in [0.25, 0.3) is 5.91 Å². The van der Waals surface area contributed by atoms with Crippen molar-refractivity contribution >= 4 is 40.0 Å². The molecular formula is C22H23ClN3O3+. The van der Waals surface area contributed by atoms with Crippen LogP contribution in [0.15, 0.2) is 42.6 Å². The third kappa shape index (κ3) is 3.73. The molecule has 0 spiro atoms. The Balaban J connectivity index is 1.42. The van der Waals surface area contributed by atoms with Gasteiger partial charge in [0.2, 0.25) is 5.91 Å². The van der Waals surface area contributed by atoms with Crippen LogP contribution >= 0.6 is 11.6 Å². The second-order valence-electron chi connectivity index (χ2n) is 7.31. The summed E-state index contributed by atoms with van der Waals surface area (Å²) in [6.45, 7) is 2.59. The van der Waals surface area contributed by atoms with Gasteiger partial charge in [0.05, 0.1) is 25.8 Å². The number of imide groups is 1. The number of aromatic nitrogens is 1. The van der Waals surface area contributed by atoms with Gasteiger partial charge in [0.15, 0.2) is 6.04 Å². The minimum atomic E-state index is -0.401. The van der Waals surface area contributed by atoms with E-state index in [2.05, 4.69) is 4.98 Å². The van der Waals surface area contributed by atoms with E-state index in [1.54, 1.807) is 19.2 Å². The van der Waals surface area contributed by atoms with Gasteiger partial charge in [-0.15, -0.1) is 0 Å². The van der Waals surface area contributed by atoms with Crippen LogP contribution in [-0.4, -0.2) is 36.5 Å². The van der Waals surface area contributed by atoms with Crippen molar-refractivity contribution in [3.8, 4) is 5.75 Å². The van der Waals surface area contributed by atoms with E-state index in [4.69, 9.17) is 16.3 Å². The van der Waals surface area contributed by atoms with Crippen molar-refractivity contribution < 1.29 is 19.6 Å². The molecule has 1 fully saturated rings. The third-order valence-corrected chi connectivity index (χ3v) is 5.84. The molecule has 7 heteroatoms. The number of carbonyl (C=O) groups excluding carboxylic acids is 2. The number of halogens is 1. The van der Waals surface area contributed by atoms with E-state index in [1.807, 2.05) is 42.7 Å². The smallest absolute Gasteiger partial charge is 0.292 e. The molecule has 2 aromatic carbocycles. The molecule has 2 amide bonds. The van der Waals surface area contributed by atoms with Gasteiger partial charge in [-0.1, -0.05) is 17.7 Å². The number of benzene rings is 2. The number of fused-ring (bicyclic) bond motifs is 1. The summed E-state index contributed by atoms with van der Waals surface area (Å²) < 4.78 is 5.31. The Morgan fingerprint density at radius 2 is 2.07 bits per heavy atom. The number of aromatic amines is 1. The van der Waals surface area contributed by atoms with Crippen LogP contribution in [0.4, 0.5) is 5.69 Å². The number of H-pyrrole nitrogens is 1. The van der Waals surface area contributed by atoms with E-state index in [-0.39, 0.29) is 18.2 Å². The van der Waals surface area contributed by atoms with Gasteiger partial charge >= 0.3 is 0 Å². The number of amides is 2. The Kier molecular flexibility index (Phi) is 5.30. The van der Waals surface area contributed by atoms with Gasteiger partial charge < -0.3 is 15.0 Å². The fourth-order valence-corrected chi connectivity index (χ4v) is 3.94. The molecular weight excluding hydrogens is 390 g/mol. The lowest BCUT2D eigenvalue weighted by Crippen LogP contribution is -2.92. The van der Waals surface area contributed by atoms with Crippen molar-refractivity contribution in [2.24, 2.45) is 0 Å². The predicted molar refractivity (Wildman–Crippen MR) is 112 cm³/mol. The second-order valence-corrected chi connectivity index (χ2v) is 7.72. The predicted octanol–water partition coefficient (Wildman–Crippen LogP) is 2.58. The molecule has 0 saturated carbocycles. The highest BCUT2D eigenvalue weighted by Crippen LogP contribution is 2.27. The number of hydrogen-bond acceptors (Lipinski definition) is 3. The van der Waals surface area contributed by atoms with Crippen molar-refractivity contribution in [1.82, 2.24) is 4.98 Å². The summed E-state index contributed by atoms with van der Waals surface area (Å²) >= 11 is 6.17. The highest BCUT2D eigenvalue weighted by molar-refractivity contribution is 6.32. The number of hydrogen-bond donors (Lipinski definition) is 2. The maximum Gasteiger partial charge on any atom is 0.292 e. The van der Waals surface area contributed by atoms with Gasteiger partial charge in [0.1, 0.15) is 5.75 Å². The number of nitrogens with one attached hydrogen (secondary N) is 1. The largest absolute Gasteiger partial charge is 0.497 e. The molecule has 3 aromatic rings. The lowest BCUT2D eigenvalue weighted by Gasteiger charge is -2.15. The van der Waals surface area contributed by atoms with Crippen molar-refractivity contribution in [3.63, 3.8) is 0 Å². The molecule has 1 aliphatic rings. The zero-order valence-electron chi connectivity index (χ0n) is 16.4. The minimum Gasteiger partial charge on any atom is -0.497 e. The van der Waals surface area contributed by atoms with Gasteiger partial charge in [0, 0.05) is 28.5 Å². The van der Waals surface area contributed by atoms with Crippen molar-refractivity contribution in [3.05, 3.63) is 58.7 Å². The normalized spacial score (nSPS) is 16.8. The standard InChI is InChI=1S/C22H22ClN3O3/c1-13-3-4-15(9-18(13)23)26-21(27)11-20(22(26)28)24-8-7-14-12-25-19-6-5-16(29-2)10-17(14)19/h3-6,9-10,12,20,24-25H,7-8,11H2,1-2H3/p+1/t20-/m0/s1. The zero-order valence-corrected chi connectivity index (χ0v) is 17.1. The Labute approximate surface area is 173 Å². The molecule has 29 heavy (non-hydrogen) atoms. The summed E-state index contributed by atoms with van der Waals surface area (Å²) in [5.41, 5.74) is 3.66. The van der Waals surface area contributed by atoms with Crippen LogP contribution in [0.2, 0.25) is 5.02 Å². The first-order chi connectivity index (χ1) is 14.0. The number of carbonyl (C=O) groups is 2. The number of quaternary nitrogens is 1. The van der Waals surface area contributed by atoms with Crippen LogP contribution in [0.3, 0.4) is 0 Å². The minimum absolute atomic E-state index is 0.185. The SMILES string of the molecule is COc1ccc2[nH]cc(CC[NH2+][C@H]3CC(=O)N(c4ccc(C)c(Cl)c4)C3=O)c2c1. The summed E-state index contributed by atoms with van der Waals surface area (Å²) in [5, 5.41) is 3.61. The fourth-order valence-electron chi connectivity index (χ4n) is 3.76. The second kappa shape index (κ2) is 7.89. The molecule has 150 valence electrons. The molecule has 1 saturated heterocycles. The maximum atomic E-state index is 12.8.